The third-order valence-electron chi connectivity index (χ3n) is 2.56. The number of allylic oxidation sites excluding steroid dienone is 1. The van der Waals surface area contributed by atoms with Crippen LogP contribution in [0.4, 0.5) is 0 Å². The molecule has 0 aliphatic rings. The van der Waals surface area contributed by atoms with Gasteiger partial charge in [-0.25, -0.2) is 4.79 Å². The molecular formula is C14H17NO4. The molecule has 2 N–H and O–H groups in total. The number of hydrogen-bond acceptors (Lipinski definition) is 3. The van der Waals surface area contributed by atoms with E-state index in [2.05, 4.69) is 5.32 Å². The fourth-order valence-electron chi connectivity index (χ4n) is 1.48. The van der Waals surface area contributed by atoms with Gasteiger partial charge in [-0.1, -0.05) is 12.2 Å². The summed E-state index contributed by atoms with van der Waals surface area (Å²) in [5.74, 6) is -0.834. The second-order valence-electron chi connectivity index (χ2n) is 3.90. The highest BCUT2D eigenvalue weighted by molar-refractivity contribution is 5.96. The molecule has 0 aliphatic carbocycles. The van der Waals surface area contributed by atoms with Crippen molar-refractivity contribution in [2.75, 3.05) is 7.11 Å². The van der Waals surface area contributed by atoms with Crippen LogP contribution in [0.25, 0.3) is 0 Å². The molecule has 1 aromatic carbocycles. The number of nitrogens with one attached hydrogen (secondary N) is 1. The lowest BCUT2D eigenvalue weighted by atomic mass is 10.1. The molecule has 0 heterocycles. The number of ether oxygens (including phenoxy) is 1. The highest BCUT2D eigenvalue weighted by Gasteiger charge is 2.19. The van der Waals surface area contributed by atoms with E-state index in [0.717, 1.165) is 0 Å². The number of aliphatic carboxylic acids is 1. The van der Waals surface area contributed by atoms with E-state index in [1.807, 2.05) is 0 Å². The summed E-state index contributed by atoms with van der Waals surface area (Å²) in [5.41, 5.74) is 0.396. The summed E-state index contributed by atoms with van der Waals surface area (Å²) >= 11 is 0. The lowest BCUT2D eigenvalue weighted by Gasteiger charge is -2.12. The Kier molecular flexibility index (Phi) is 5.60. The van der Waals surface area contributed by atoms with Crippen molar-refractivity contribution in [2.45, 2.75) is 19.4 Å². The smallest absolute Gasteiger partial charge is 0.326 e. The average molecular weight is 263 g/mol. The molecule has 102 valence electrons. The minimum Gasteiger partial charge on any atom is -0.497 e. The summed E-state index contributed by atoms with van der Waals surface area (Å²) in [6.45, 7) is 1.80. The van der Waals surface area contributed by atoms with Crippen molar-refractivity contribution in [1.82, 2.24) is 5.32 Å². The van der Waals surface area contributed by atoms with E-state index in [0.29, 0.717) is 11.3 Å². The molecule has 0 bridgehead atoms. The Balaban J connectivity index is 2.72. The van der Waals surface area contributed by atoms with Gasteiger partial charge in [0.15, 0.2) is 0 Å². The Morgan fingerprint density at radius 2 is 2.00 bits per heavy atom. The lowest BCUT2D eigenvalue weighted by molar-refractivity contribution is -0.139. The van der Waals surface area contributed by atoms with Gasteiger partial charge >= 0.3 is 5.97 Å². The number of hydrogen-bond donors (Lipinski definition) is 2. The Morgan fingerprint density at radius 3 is 2.47 bits per heavy atom. The molecule has 0 fully saturated rings. The minimum absolute atomic E-state index is 0.258. The molecule has 1 aromatic rings. The van der Waals surface area contributed by atoms with Crippen LogP contribution in [-0.2, 0) is 4.79 Å². The first-order valence-electron chi connectivity index (χ1n) is 5.87. The fraction of sp³-hybridized carbons (Fsp3) is 0.286. The minimum atomic E-state index is -1.06. The first kappa shape index (κ1) is 14.8. The summed E-state index contributed by atoms with van der Waals surface area (Å²) in [6.07, 6.45) is 3.70. The van der Waals surface area contributed by atoms with Gasteiger partial charge < -0.3 is 15.2 Å². The molecule has 0 saturated heterocycles. The van der Waals surface area contributed by atoms with Gasteiger partial charge in [-0.2, -0.15) is 0 Å². The number of rotatable bonds is 6. The van der Waals surface area contributed by atoms with E-state index in [1.54, 1.807) is 43.3 Å². The first-order chi connectivity index (χ1) is 9.08. The number of carboxylic acids is 1. The number of benzene rings is 1. The molecule has 1 rings (SSSR count). The van der Waals surface area contributed by atoms with Gasteiger partial charge in [-0.05, 0) is 37.6 Å². The highest BCUT2D eigenvalue weighted by atomic mass is 16.5. The van der Waals surface area contributed by atoms with E-state index >= 15 is 0 Å². The topological polar surface area (TPSA) is 75.6 Å². The maximum absolute atomic E-state index is 11.9. The van der Waals surface area contributed by atoms with E-state index in [-0.39, 0.29) is 6.42 Å². The molecule has 0 radical (unpaired) electrons. The summed E-state index contributed by atoms with van der Waals surface area (Å²) in [7, 11) is 1.53. The van der Waals surface area contributed by atoms with Crippen molar-refractivity contribution >= 4 is 11.9 Å². The molecule has 0 saturated carbocycles. The zero-order chi connectivity index (χ0) is 14.3. The summed E-state index contributed by atoms with van der Waals surface area (Å²) < 4.78 is 4.99. The second-order valence-corrected chi connectivity index (χ2v) is 3.90. The van der Waals surface area contributed by atoms with Gasteiger partial charge in [-0.3, -0.25) is 4.79 Å². The summed E-state index contributed by atoms with van der Waals surface area (Å²) in [5, 5.41) is 11.5. The number of amides is 1. The highest BCUT2D eigenvalue weighted by Crippen LogP contribution is 2.11. The molecule has 0 aliphatic heterocycles. The van der Waals surface area contributed by atoms with Crippen LogP contribution >= 0.6 is 0 Å². The number of carboxylic acid groups (broad SMARTS) is 1. The largest absolute Gasteiger partial charge is 0.497 e. The zero-order valence-corrected chi connectivity index (χ0v) is 10.9. The molecule has 1 unspecified atom stereocenters. The van der Waals surface area contributed by atoms with Gasteiger partial charge in [0.1, 0.15) is 11.8 Å². The molecule has 0 spiro atoms. The van der Waals surface area contributed by atoms with Gasteiger partial charge in [0, 0.05) is 5.56 Å². The van der Waals surface area contributed by atoms with E-state index in [9.17, 15) is 9.59 Å². The SMILES string of the molecule is C/C=C/CC(NC(=O)c1ccc(OC)cc1)C(=O)O. The van der Waals surface area contributed by atoms with Crippen molar-refractivity contribution in [3.8, 4) is 5.75 Å². The van der Waals surface area contributed by atoms with Crippen LogP contribution in [0, 0.1) is 0 Å². The average Bonchev–Trinajstić information content (AvgIpc) is 2.43. The third kappa shape index (κ3) is 4.46. The maximum atomic E-state index is 11.9. The molecule has 0 aromatic heterocycles. The van der Waals surface area contributed by atoms with Gasteiger partial charge in [0.05, 0.1) is 7.11 Å². The van der Waals surface area contributed by atoms with Crippen LogP contribution in [0.15, 0.2) is 36.4 Å². The Hall–Kier alpha value is -2.30. The molecule has 5 nitrogen and oxygen atoms in total. The third-order valence-corrected chi connectivity index (χ3v) is 2.56. The first-order valence-corrected chi connectivity index (χ1v) is 5.87. The van der Waals surface area contributed by atoms with E-state index in [4.69, 9.17) is 9.84 Å². The van der Waals surface area contributed by atoms with Crippen LogP contribution in [0.5, 0.6) is 5.75 Å². The van der Waals surface area contributed by atoms with Crippen molar-refractivity contribution < 1.29 is 19.4 Å². The predicted molar refractivity (Wildman–Crippen MR) is 71.3 cm³/mol. The van der Waals surface area contributed by atoms with Crippen LogP contribution in [-0.4, -0.2) is 30.1 Å². The van der Waals surface area contributed by atoms with E-state index in [1.165, 1.54) is 7.11 Å². The normalized spacial score (nSPS) is 12.1. The Bertz CT molecular complexity index is 465. The number of carbonyl (C=O) groups excluding carboxylic acids is 1. The molecule has 19 heavy (non-hydrogen) atoms. The summed E-state index contributed by atoms with van der Waals surface area (Å²) in [4.78, 5) is 22.9. The molecule has 5 heteroatoms. The standard InChI is InChI=1S/C14H17NO4/c1-3-4-5-12(14(17)18)15-13(16)10-6-8-11(19-2)9-7-10/h3-4,6-9,12H,5H2,1-2H3,(H,15,16)(H,17,18)/b4-3+. The quantitative estimate of drug-likeness (QED) is 0.768. The fourth-order valence-corrected chi connectivity index (χ4v) is 1.48. The van der Waals surface area contributed by atoms with Crippen LogP contribution < -0.4 is 10.1 Å². The van der Waals surface area contributed by atoms with Crippen LogP contribution in [0.1, 0.15) is 23.7 Å². The Morgan fingerprint density at radius 1 is 1.37 bits per heavy atom. The summed E-state index contributed by atoms with van der Waals surface area (Å²) in [6, 6.07) is 5.55. The van der Waals surface area contributed by atoms with Crippen molar-refractivity contribution in [3.63, 3.8) is 0 Å². The lowest BCUT2D eigenvalue weighted by Crippen LogP contribution is -2.40. The van der Waals surface area contributed by atoms with Crippen LogP contribution in [0.2, 0.25) is 0 Å². The van der Waals surface area contributed by atoms with Crippen molar-refractivity contribution in [1.29, 1.82) is 0 Å². The predicted octanol–water partition coefficient (Wildman–Crippen LogP) is 1.84. The van der Waals surface area contributed by atoms with Crippen molar-refractivity contribution in [3.05, 3.63) is 42.0 Å². The number of methoxy groups -OCH3 is 1. The Labute approximate surface area is 111 Å². The van der Waals surface area contributed by atoms with Gasteiger partial charge in [-0.15, -0.1) is 0 Å². The molecule has 1 amide bonds. The van der Waals surface area contributed by atoms with Gasteiger partial charge in [0.2, 0.25) is 0 Å². The zero-order valence-electron chi connectivity index (χ0n) is 10.9. The van der Waals surface area contributed by atoms with E-state index < -0.39 is 17.9 Å². The monoisotopic (exact) mass is 263 g/mol. The maximum Gasteiger partial charge on any atom is 0.326 e. The molecular weight excluding hydrogens is 246 g/mol. The van der Waals surface area contributed by atoms with Crippen molar-refractivity contribution in [2.24, 2.45) is 0 Å². The number of carbonyl (C=O) groups is 2. The second kappa shape index (κ2) is 7.20. The molecule has 1 atom stereocenters. The van der Waals surface area contributed by atoms with Crippen LogP contribution in [0.3, 0.4) is 0 Å². The van der Waals surface area contributed by atoms with Gasteiger partial charge in [0.25, 0.3) is 5.91 Å².